The van der Waals surface area contributed by atoms with Crippen molar-refractivity contribution in [3.8, 4) is 0 Å². The lowest BCUT2D eigenvalue weighted by Gasteiger charge is -2.31. The maximum absolute atomic E-state index is 3.42. The molecule has 0 bridgehead atoms. The summed E-state index contributed by atoms with van der Waals surface area (Å²) in [6.45, 7) is 3.22. The standard InChI is InChI=1S/C8H18N2/c1-7(10-6-9-2)8-4-3-5-8/h7-10H,3-6H2,1-2H3/t7-/m1/s1. The monoisotopic (exact) mass is 142 g/mol. The van der Waals surface area contributed by atoms with E-state index in [9.17, 15) is 0 Å². The molecule has 0 aromatic heterocycles. The van der Waals surface area contributed by atoms with E-state index in [1.807, 2.05) is 7.05 Å². The molecule has 0 saturated heterocycles. The van der Waals surface area contributed by atoms with Gasteiger partial charge < -0.3 is 10.6 Å². The maximum atomic E-state index is 3.42. The Hall–Kier alpha value is -0.0800. The second kappa shape index (κ2) is 3.94. The van der Waals surface area contributed by atoms with Crippen LogP contribution in [-0.4, -0.2) is 19.8 Å². The van der Waals surface area contributed by atoms with Gasteiger partial charge in [-0.2, -0.15) is 0 Å². The minimum atomic E-state index is 0.709. The molecule has 1 fully saturated rings. The summed E-state index contributed by atoms with van der Waals surface area (Å²) in [6.07, 6.45) is 4.30. The van der Waals surface area contributed by atoms with E-state index < -0.39 is 0 Å². The van der Waals surface area contributed by atoms with E-state index in [2.05, 4.69) is 17.6 Å². The quantitative estimate of drug-likeness (QED) is 0.571. The zero-order valence-electron chi connectivity index (χ0n) is 6.98. The van der Waals surface area contributed by atoms with Gasteiger partial charge in [-0.15, -0.1) is 0 Å². The fourth-order valence-corrected chi connectivity index (χ4v) is 1.37. The van der Waals surface area contributed by atoms with Gasteiger partial charge in [0.15, 0.2) is 0 Å². The third kappa shape index (κ3) is 1.96. The molecule has 0 spiro atoms. The second-order valence-electron chi connectivity index (χ2n) is 3.21. The van der Waals surface area contributed by atoms with E-state index in [0.717, 1.165) is 12.6 Å². The highest BCUT2D eigenvalue weighted by molar-refractivity contribution is 4.78. The Kier molecular flexibility index (Phi) is 3.16. The van der Waals surface area contributed by atoms with Crippen molar-refractivity contribution >= 4 is 0 Å². The summed E-state index contributed by atoms with van der Waals surface area (Å²) in [4.78, 5) is 0. The van der Waals surface area contributed by atoms with Crippen molar-refractivity contribution in [2.45, 2.75) is 32.2 Å². The number of rotatable bonds is 4. The number of hydrogen-bond donors (Lipinski definition) is 2. The first-order valence-electron chi connectivity index (χ1n) is 4.22. The summed E-state index contributed by atoms with van der Waals surface area (Å²) < 4.78 is 0. The lowest BCUT2D eigenvalue weighted by molar-refractivity contribution is 0.239. The van der Waals surface area contributed by atoms with E-state index in [0.29, 0.717) is 6.04 Å². The van der Waals surface area contributed by atoms with Gasteiger partial charge in [0, 0.05) is 12.7 Å². The second-order valence-corrected chi connectivity index (χ2v) is 3.21. The zero-order valence-corrected chi connectivity index (χ0v) is 6.98. The van der Waals surface area contributed by atoms with Gasteiger partial charge in [-0.1, -0.05) is 6.42 Å². The lowest BCUT2D eigenvalue weighted by atomic mass is 9.80. The summed E-state index contributed by atoms with van der Waals surface area (Å²) in [5, 5.41) is 6.51. The average Bonchev–Trinajstić information content (AvgIpc) is 1.79. The lowest BCUT2D eigenvalue weighted by Crippen LogP contribution is -2.40. The Morgan fingerprint density at radius 1 is 1.50 bits per heavy atom. The molecule has 0 radical (unpaired) electrons. The molecule has 1 aliphatic rings. The Morgan fingerprint density at radius 2 is 2.20 bits per heavy atom. The predicted octanol–water partition coefficient (Wildman–Crippen LogP) is 0.941. The van der Waals surface area contributed by atoms with Crippen LogP contribution in [0, 0.1) is 5.92 Å². The molecule has 1 aliphatic carbocycles. The first kappa shape index (κ1) is 8.02. The van der Waals surface area contributed by atoms with Crippen LogP contribution in [-0.2, 0) is 0 Å². The van der Waals surface area contributed by atoms with E-state index in [-0.39, 0.29) is 0 Å². The first-order chi connectivity index (χ1) is 4.84. The van der Waals surface area contributed by atoms with Crippen LogP contribution < -0.4 is 10.6 Å². The summed E-state index contributed by atoms with van der Waals surface area (Å²) in [5.74, 6) is 0.952. The van der Waals surface area contributed by atoms with Crippen LogP contribution in [0.4, 0.5) is 0 Å². The summed E-state index contributed by atoms with van der Waals surface area (Å²) in [7, 11) is 1.97. The fourth-order valence-electron chi connectivity index (χ4n) is 1.37. The summed E-state index contributed by atoms with van der Waals surface area (Å²) in [6, 6.07) is 0.709. The molecule has 60 valence electrons. The van der Waals surface area contributed by atoms with Gasteiger partial charge in [-0.05, 0) is 32.7 Å². The molecule has 1 saturated carbocycles. The van der Waals surface area contributed by atoms with Gasteiger partial charge in [0.25, 0.3) is 0 Å². The molecule has 0 amide bonds. The van der Waals surface area contributed by atoms with E-state index in [1.54, 1.807) is 0 Å². The molecule has 1 rings (SSSR count). The van der Waals surface area contributed by atoms with Gasteiger partial charge in [-0.25, -0.2) is 0 Å². The van der Waals surface area contributed by atoms with Crippen LogP contribution in [0.3, 0.4) is 0 Å². The highest BCUT2D eigenvalue weighted by atomic mass is 15.1. The largest absolute Gasteiger partial charge is 0.308 e. The minimum Gasteiger partial charge on any atom is -0.308 e. The molecule has 0 aromatic carbocycles. The van der Waals surface area contributed by atoms with Gasteiger partial charge in [0.05, 0.1) is 0 Å². The predicted molar refractivity (Wildman–Crippen MR) is 43.9 cm³/mol. The molecular weight excluding hydrogens is 124 g/mol. The van der Waals surface area contributed by atoms with E-state index >= 15 is 0 Å². The molecule has 0 heterocycles. The molecular formula is C8H18N2. The van der Waals surface area contributed by atoms with E-state index in [4.69, 9.17) is 0 Å². The van der Waals surface area contributed by atoms with Crippen molar-refractivity contribution in [1.29, 1.82) is 0 Å². The molecule has 1 atom stereocenters. The third-order valence-electron chi connectivity index (χ3n) is 2.46. The highest BCUT2D eigenvalue weighted by Gasteiger charge is 2.22. The maximum Gasteiger partial charge on any atom is 0.0453 e. The van der Waals surface area contributed by atoms with Crippen molar-refractivity contribution in [3.05, 3.63) is 0 Å². The molecule has 0 aromatic rings. The molecule has 2 N–H and O–H groups in total. The molecule has 10 heavy (non-hydrogen) atoms. The topological polar surface area (TPSA) is 24.1 Å². The highest BCUT2D eigenvalue weighted by Crippen LogP contribution is 2.28. The van der Waals surface area contributed by atoms with Crippen LogP contribution in [0.2, 0.25) is 0 Å². The summed E-state index contributed by atoms with van der Waals surface area (Å²) in [5.41, 5.74) is 0. The van der Waals surface area contributed by atoms with Crippen LogP contribution >= 0.6 is 0 Å². The Bertz CT molecular complexity index is 89.3. The molecule has 0 unspecified atom stereocenters. The smallest absolute Gasteiger partial charge is 0.0453 e. The van der Waals surface area contributed by atoms with Crippen LogP contribution in [0.5, 0.6) is 0 Å². The fraction of sp³-hybridized carbons (Fsp3) is 1.00. The number of hydrogen-bond acceptors (Lipinski definition) is 2. The Labute approximate surface area is 63.4 Å². The van der Waals surface area contributed by atoms with Crippen molar-refractivity contribution in [3.63, 3.8) is 0 Å². The van der Waals surface area contributed by atoms with Gasteiger partial charge >= 0.3 is 0 Å². The average molecular weight is 142 g/mol. The van der Waals surface area contributed by atoms with Crippen LogP contribution in [0.15, 0.2) is 0 Å². The summed E-state index contributed by atoms with van der Waals surface area (Å²) >= 11 is 0. The van der Waals surface area contributed by atoms with Crippen molar-refractivity contribution < 1.29 is 0 Å². The SMILES string of the molecule is CNCN[C@H](C)C1CCC1. The van der Waals surface area contributed by atoms with Crippen molar-refractivity contribution in [2.75, 3.05) is 13.7 Å². The van der Waals surface area contributed by atoms with Crippen molar-refractivity contribution in [2.24, 2.45) is 5.92 Å². The molecule has 2 heteroatoms. The van der Waals surface area contributed by atoms with Gasteiger partial charge in [0.2, 0.25) is 0 Å². The molecule has 0 aliphatic heterocycles. The van der Waals surface area contributed by atoms with Gasteiger partial charge in [0.1, 0.15) is 0 Å². The normalized spacial score (nSPS) is 22.2. The number of nitrogens with one attached hydrogen (secondary N) is 2. The Morgan fingerprint density at radius 3 is 2.60 bits per heavy atom. The Balaban J connectivity index is 2.02. The van der Waals surface area contributed by atoms with Crippen LogP contribution in [0.1, 0.15) is 26.2 Å². The van der Waals surface area contributed by atoms with Crippen molar-refractivity contribution in [1.82, 2.24) is 10.6 Å². The first-order valence-corrected chi connectivity index (χ1v) is 4.22. The third-order valence-corrected chi connectivity index (χ3v) is 2.46. The van der Waals surface area contributed by atoms with Crippen LogP contribution in [0.25, 0.3) is 0 Å². The zero-order chi connectivity index (χ0) is 7.40. The van der Waals surface area contributed by atoms with E-state index in [1.165, 1.54) is 19.3 Å². The van der Waals surface area contributed by atoms with Gasteiger partial charge in [-0.3, -0.25) is 0 Å². The minimum absolute atomic E-state index is 0.709. The molecule has 2 nitrogen and oxygen atoms in total.